The van der Waals surface area contributed by atoms with Gasteiger partial charge in [-0.3, -0.25) is 4.68 Å². The minimum atomic E-state index is -0.0408. The van der Waals surface area contributed by atoms with E-state index in [4.69, 9.17) is 16.6 Å². The van der Waals surface area contributed by atoms with E-state index < -0.39 is 0 Å². The Bertz CT molecular complexity index is 759. The lowest BCUT2D eigenvalue weighted by Crippen LogP contribution is -2.43. The van der Waals surface area contributed by atoms with Crippen LogP contribution in [-0.2, 0) is 19.0 Å². The summed E-state index contributed by atoms with van der Waals surface area (Å²) in [6.45, 7) is 12.8. The fourth-order valence-corrected chi connectivity index (χ4v) is 2.98. The number of halogens is 1. The van der Waals surface area contributed by atoms with Gasteiger partial charge in [0.25, 0.3) is 0 Å². The second kappa shape index (κ2) is 8.58. The van der Waals surface area contributed by atoms with E-state index in [1.165, 1.54) is 11.1 Å². The van der Waals surface area contributed by atoms with Crippen molar-refractivity contribution >= 4 is 17.6 Å². The molecule has 2 aromatic rings. The topological polar surface area (TPSA) is 54.2 Å². The maximum atomic E-state index is 6.01. The number of aryl methyl sites for hydroxylation is 2. The third kappa shape index (κ3) is 5.01. The molecule has 142 valence electrons. The van der Waals surface area contributed by atoms with E-state index in [0.29, 0.717) is 6.54 Å². The van der Waals surface area contributed by atoms with Crippen molar-refractivity contribution in [3.05, 3.63) is 51.8 Å². The van der Waals surface area contributed by atoms with Gasteiger partial charge in [-0.1, -0.05) is 37.6 Å². The smallest absolute Gasteiger partial charge is 0.191 e. The van der Waals surface area contributed by atoms with Crippen LogP contribution in [0.1, 0.15) is 43.3 Å². The highest BCUT2D eigenvalue weighted by atomic mass is 35.5. The standard InChI is InChI=1S/C20H30ClN5/c1-7-22-19(23-12-18-14(2)25-26(6)15(18)3)24-13-20(4,5)16-8-10-17(21)11-9-16/h8-11H,7,12-13H2,1-6H3,(H2,22,23,24). The maximum absolute atomic E-state index is 6.01. The normalized spacial score (nSPS) is 12.3. The first-order valence-corrected chi connectivity index (χ1v) is 9.39. The van der Waals surface area contributed by atoms with Crippen LogP contribution in [0, 0.1) is 13.8 Å². The lowest BCUT2D eigenvalue weighted by Gasteiger charge is -2.27. The molecular weight excluding hydrogens is 346 g/mol. The number of nitrogens with zero attached hydrogens (tertiary/aromatic N) is 3. The van der Waals surface area contributed by atoms with Gasteiger partial charge in [-0.25, -0.2) is 4.99 Å². The van der Waals surface area contributed by atoms with Crippen LogP contribution in [0.15, 0.2) is 29.3 Å². The number of hydrogen-bond donors (Lipinski definition) is 2. The van der Waals surface area contributed by atoms with Crippen molar-refractivity contribution in [3.63, 3.8) is 0 Å². The van der Waals surface area contributed by atoms with Crippen molar-refractivity contribution in [3.8, 4) is 0 Å². The summed E-state index contributed by atoms with van der Waals surface area (Å²) in [7, 11) is 1.97. The molecule has 1 aromatic carbocycles. The summed E-state index contributed by atoms with van der Waals surface area (Å²) in [6.07, 6.45) is 0. The van der Waals surface area contributed by atoms with Crippen LogP contribution in [0.5, 0.6) is 0 Å². The van der Waals surface area contributed by atoms with Gasteiger partial charge in [0.2, 0.25) is 0 Å². The predicted molar refractivity (Wildman–Crippen MR) is 110 cm³/mol. The molecule has 2 N–H and O–H groups in total. The third-order valence-corrected chi connectivity index (χ3v) is 4.97. The summed E-state index contributed by atoms with van der Waals surface area (Å²) in [5.41, 5.74) is 4.57. The molecule has 0 aliphatic carbocycles. The average Bonchev–Trinajstić information content (AvgIpc) is 2.83. The molecule has 2 rings (SSSR count). The molecule has 5 nitrogen and oxygen atoms in total. The van der Waals surface area contributed by atoms with E-state index in [0.717, 1.165) is 35.5 Å². The molecule has 6 heteroatoms. The zero-order valence-electron chi connectivity index (χ0n) is 16.7. The molecule has 1 aromatic heterocycles. The van der Waals surface area contributed by atoms with E-state index in [-0.39, 0.29) is 5.41 Å². The van der Waals surface area contributed by atoms with Gasteiger partial charge >= 0.3 is 0 Å². The lowest BCUT2D eigenvalue weighted by molar-refractivity contribution is 0.508. The van der Waals surface area contributed by atoms with Gasteiger partial charge in [0.05, 0.1) is 12.2 Å². The third-order valence-electron chi connectivity index (χ3n) is 4.72. The van der Waals surface area contributed by atoms with Gasteiger partial charge in [0.15, 0.2) is 5.96 Å². The largest absolute Gasteiger partial charge is 0.357 e. The Balaban J connectivity index is 2.08. The molecule has 0 saturated heterocycles. The Morgan fingerprint density at radius 2 is 1.85 bits per heavy atom. The van der Waals surface area contributed by atoms with Gasteiger partial charge in [-0.15, -0.1) is 0 Å². The Morgan fingerprint density at radius 3 is 2.38 bits per heavy atom. The Kier molecular flexibility index (Phi) is 6.70. The molecule has 0 aliphatic heterocycles. The first-order chi connectivity index (χ1) is 12.2. The Hall–Kier alpha value is -2.01. The molecule has 26 heavy (non-hydrogen) atoms. The highest BCUT2D eigenvalue weighted by Gasteiger charge is 2.21. The molecular formula is C20H30ClN5. The van der Waals surface area contributed by atoms with Crippen molar-refractivity contribution < 1.29 is 0 Å². The minimum Gasteiger partial charge on any atom is -0.357 e. The molecule has 0 fully saturated rings. The van der Waals surface area contributed by atoms with Crippen molar-refractivity contribution in [2.75, 3.05) is 13.1 Å². The molecule has 0 aliphatic rings. The van der Waals surface area contributed by atoms with Crippen LogP contribution in [0.25, 0.3) is 0 Å². The van der Waals surface area contributed by atoms with E-state index >= 15 is 0 Å². The zero-order valence-corrected chi connectivity index (χ0v) is 17.4. The molecule has 0 saturated carbocycles. The fourth-order valence-electron chi connectivity index (χ4n) is 2.85. The first kappa shape index (κ1) is 20.3. The van der Waals surface area contributed by atoms with Crippen LogP contribution < -0.4 is 10.6 Å². The summed E-state index contributed by atoms with van der Waals surface area (Å²) in [5, 5.41) is 12.0. The molecule has 0 spiro atoms. The monoisotopic (exact) mass is 375 g/mol. The second-order valence-corrected chi connectivity index (χ2v) is 7.65. The van der Waals surface area contributed by atoms with Crippen LogP contribution in [0.3, 0.4) is 0 Å². The van der Waals surface area contributed by atoms with Crippen molar-refractivity contribution in [2.45, 2.75) is 46.6 Å². The lowest BCUT2D eigenvalue weighted by atomic mass is 9.85. The highest BCUT2D eigenvalue weighted by Crippen LogP contribution is 2.23. The molecule has 0 amide bonds. The van der Waals surface area contributed by atoms with E-state index in [1.54, 1.807) is 0 Å². The Labute approximate surface area is 161 Å². The van der Waals surface area contributed by atoms with E-state index in [9.17, 15) is 0 Å². The van der Waals surface area contributed by atoms with Crippen molar-refractivity contribution in [2.24, 2.45) is 12.0 Å². The van der Waals surface area contributed by atoms with Crippen LogP contribution >= 0.6 is 11.6 Å². The quantitative estimate of drug-likeness (QED) is 0.597. The number of benzene rings is 1. The van der Waals surface area contributed by atoms with Crippen LogP contribution in [0.4, 0.5) is 0 Å². The summed E-state index contributed by atoms with van der Waals surface area (Å²) in [4.78, 5) is 4.75. The van der Waals surface area contributed by atoms with Crippen molar-refractivity contribution in [1.82, 2.24) is 20.4 Å². The molecule has 0 radical (unpaired) electrons. The number of nitrogens with one attached hydrogen (secondary N) is 2. The number of rotatable bonds is 6. The predicted octanol–water partition coefficient (Wildman–Crippen LogP) is 3.72. The fraction of sp³-hybridized carbons (Fsp3) is 0.500. The van der Waals surface area contributed by atoms with Crippen LogP contribution in [0.2, 0.25) is 5.02 Å². The van der Waals surface area contributed by atoms with E-state index in [2.05, 4.69) is 55.6 Å². The van der Waals surface area contributed by atoms with Gasteiger partial charge < -0.3 is 10.6 Å². The van der Waals surface area contributed by atoms with Crippen molar-refractivity contribution in [1.29, 1.82) is 0 Å². The SMILES string of the molecule is CCNC(=NCc1c(C)nn(C)c1C)NCC(C)(C)c1ccc(Cl)cc1. The minimum absolute atomic E-state index is 0.0408. The first-order valence-electron chi connectivity index (χ1n) is 9.02. The van der Waals surface area contributed by atoms with Gasteiger partial charge in [0, 0.05) is 41.8 Å². The summed E-state index contributed by atoms with van der Waals surface area (Å²) in [5.74, 6) is 0.817. The highest BCUT2D eigenvalue weighted by molar-refractivity contribution is 6.30. The molecule has 1 heterocycles. The average molecular weight is 376 g/mol. The zero-order chi connectivity index (χ0) is 19.3. The molecule has 0 bridgehead atoms. The number of guanidine groups is 1. The number of aliphatic imine (C=N–C) groups is 1. The number of aromatic nitrogens is 2. The summed E-state index contributed by atoms with van der Waals surface area (Å²) < 4.78 is 1.91. The maximum Gasteiger partial charge on any atom is 0.191 e. The summed E-state index contributed by atoms with van der Waals surface area (Å²) in [6, 6.07) is 8.03. The number of hydrogen-bond acceptors (Lipinski definition) is 2. The Morgan fingerprint density at radius 1 is 1.19 bits per heavy atom. The molecule has 0 atom stereocenters. The molecule has 0 unspecified atom stereocenters. The van der Waals surface area contributed by atoms with Gasteiger partial charge in [-0.2, -0.15) is 5.10 Å². The van der Waals surface area contributed by atoms with Gasteiger partial charge in [-0.05, 0) is 38.5 Å². The van der Waals surface area contributed by atoms with E-state index in [1.807, 2.05) is 30.8 Å². The van der Waals surface area contributed by atoms with Gasteiger partial charge in [0.1, 0.15) is 0 Å². The summed E-state index contributed by atoms with van der Waals surface area (Å²) >= 11 is 6.01. The van der Waals surface area contributed by atoms with Crippen LogP contribution in [-0.4, -0.2) is 28.8 Å². The second-order valence-electron chi connectivity index (χ2n) is 7.21.